The Hall–Kier alpha value is -2.95. The molecule has 1 unspecified atom stereocenters. The summed E-state index contributed by atoms with van der Waals surface area (Å²) in [6.07, 6.45) is -0.202. The van der Waals surface area contributed by atoms with E-state index < -0.39 is 34.2 Å². The molecule has 4 atom stereocenters. The minimum atomic E-state index is -4.12. The topological polar surface area (TPSA) is 110 Å². The first-order chi connectivity index (χ1) is 16.7. The molecule has 4 rings (SSSR count). The molecule has 0 bridgehead atoms. The van der Waals surface area contributed by atoms with Gasteiger partial charge >= 0.3 is 12.1 Å². The van der Waals surface area contributed by atoms with E-state index in [0.717, 1.165) is 5.56 Å². The predicted molar refractivity (Wildman–Crippen MR) is 127 cm³/mol. The van der Waals surface area contributed by atoms with E-state index >= 15 is 0 Å². The highest BCUT2D eigenvalue weighted by atomic mass is 32.2. The zero-order valence-electron chi connectivity index (χ0n) is 19.9. The fraction of sp³-hybridized carbons (Fsp3) is 0.440. The zero-order chi connectivity index (χ0) is 25.2. The molecule has 35 heavy (non-hydrogen) atoms. The average molecular weight is 504 g/mol. The predicted octanol–water partition coefficient (Wildman–Crippen LogP) is 3.10. The Morgan fingerprint density at radius 3 is 2.40 bits per heavy atom. The summed E-state index contributed by atoms with van der Waals surface area (Å²) >= 11 is 0. The van der Waals surface area contributed by atoms with Gasteiger partial charge in [0.25, 0.3) is 0 Å². The summed E-state index contributed by atoms with van der Waals surface area (Å²) in [6, 6.07) is 13.7. The fourth-order valence-electron chi connectivity index (χ4n) is 5.36. The molecule has 2 heterocycles. The molecule has 10 heteroatoms. The number of amides is 1. The summed E-state index contributed by atoms with van der Waals surface area (Å²) in [4.78, 5) is 25.5. The molecule has 2 aliphatic rings. The second-order valence-corrected chi connectivity index (χ2v) is 11.0. The van der Waals surface area contributed by atoms with Gasteiger partial charge in [0.05, 0.1) is 31.2 Å². The largest absolute Gasteiger partial charge is 0.513 e. The lowest BCUT2D eigenvalue weighted by Crippen LogP contribution is -2.63. The summed E-state index contributed by atoms with van der Waals surface area (Å²) < 4.78 is 39.0. The summed E-state index contributed by atoms with van der Waals surface area (Å²) in [5.41, 5.74) is 0.859. The van der Waals surface area contributed by atoms with Crippen molar-refractivity contribution >= 4 is 22.1 Å². The summed E-state index contributed by atoms with van der Waals surface area (Å²) in [6.45, 7) is 2.47. The molecule has 0 saturated carbocycles. The van der Waals surface area contributed by atoms with Crippen molar-refractivity contribution in [3.8, 4) is 5.75 Å². The number of nitrogens with zero attached hydrogens (tertiary/aromatic N) is 2. The molecule has 0 radical (unpaired) electrons. The third-order valence-electron chi connectivity index (χ3n) is 7.10. The van der Waals surface area contributed by atoms with Crippen molar-refractivity contribution in [2.24, 2.45) is 5.92 Å². The van der Waals surface area contributed by atoms with E-state index in [2.05, 4.69) is 0 Å². The maximum atomic E-state index is 13.9. The van der Waals surface area contributed by atoms with Crippen LogP contribution < -0.4 is 4.74 Å². The van der Waals surface area contributed by atoms with E-state index in [-0.39, 0.29) is 35.0 Å². The van der Waals surface area contributed by atoms with E-state index in [4.69, 9.17) is 9.47 Å². The maximum Gasteiger partial charge on any atom is 0.513 e. The van der Waals surface area contributed by atoms with E-state index in [1.54, 1.807) is 19.1 Å². The lowest BCUT2D eigenvalue weighted by molar-refractivity contribution is -0.878. The van der Waals surface area contributed by atoms with Crippen molar-refractivity contribution in [2.45, 2.75) is 43.3 Å². The van der Waals surface area contributed by atoms with Gasteiger partial charge in [0.1, 0.15) is 24.9 Å². The van der Waals surface area contributed by atoms with Gasteiger partial charge < -0.3 is 14.6 Å². The third-order valence-corrected chi connectivity index (χ3v) is 9.04. The monoisotopic (exact) mass is 503 g/mol. The van der Waals surface area contributed by atoms with Crippen molar-refractivity contribution in [1.29, 1.82) is 0 Å². The molecule has 0 aromatic heterocycles. The summed E-state index contributed by atoms with van der Waals surface area (Å²) in [5.74, 6) is -0.235. The number of carbonyl (C=O) groups excluding carboxylic acids is 1. The first-order valence-corrected chi connectivity index (χ1v) is 13.1. The number of sulfonamides is 1. The molecule has 0 aliphatic carbocycles. The highest BCUT2D eigenvalue weighted by molar-refractivity contribution is 7.89. The van der Waals surface area contributed by atoms with Gasteiger partial charge in [-0.2, -0.15) is 9.10 Å². The summed E-state index contributed by atoms with van der Waals surface area (Å²) in [5, 5.41) is 10.3. The van der Waals surface area contributed by atoms with E-state index in [0.29, 0.717) is 25.1 Å². The van der Waals surface area contributed by atoms with E-state index in [1.165, 1.54) is 23.5 Å². The number of quaternary nitrogens is 1. The zero-order valence-corrected chi connectivity index (χ0v) is 20.7. The normalized spacial score (nSPS) is 26.6. The molecule has 2 aliphatic heterocycles. The van der Waals surface area contributed by atoms with Crippen LogP contribution in [0.15, 0.2) is 59.5 Å². The van der Waals surface area contributed by atoms with Gasteiger partial charge in [-0.1, -0.05) is 30.3 Å². The Labute approximate surface area is 205 Å². The highest BCUT2D eigenvalue weighted by Gasteiger charge is 2.58. The lowest BCUT2D eigenvalue weighted by Gasteiger charge is -2.43. The number of esters is 1. The molecule has 2 aromatic rings. The van der Waals surface area contributed by atoms with Crippen molar-refractivity contribution in [3.63, 3.8) is 0 Å². The first-order valence-electron chi connectivity index (χ1n) is 11.7. The van der Waals surface area contributed by atoms with Gasteiger partial charge in [0, 0.05) is 12.0 Å². The number of carbonyl (C=O) groups is 2. The number of hydrogen-bond acceptors (Lipinski definition) is 6. The Balaban J connectivity index is 1.74. The lowest BCUT2D eigenvalue weighted by atomic mass is 9.89. The Morgan fingerprint density at radius 2 is 1.80 bits per heavy atom. The molecule has 9 nitrogen and oxygen atoms in total. The van der Waals surface area contributed by atoms with Crippen LogP contribution >= 0.6 is 0 Å². The SMILES string of the molecule is CCOC(=O)[C@@H]1C[C@@H]2CC[N+](Cc3ccccc3)(C(=O)O)C[C@@H]2N1S(=O)(=O)c1ccc(OC)cc1. The molecule has 2 saturated heterocycles. The molecule has 0 spiro atoms. The molecule has 1 N–H and O–H groups in total. The molecular formula is C25H31N2O7S+. The number of carboxylic acid groups (broad SMARTS) is 1. The van der Waals surface area contributed by atoms with Crippen molar-refractivity contribution < 1.29 is 37.1 Å². The quantitative estimate of drug-likeness (QED) is 0.457. The fourth-order valence-corrected chi connectivity index (χ4v) is 7.19. The van der Waals surface area contributed by atoms with Crippen molar-refractivity contribution in [1.82, 2.24) is 4.31 Å². The Bertz CT molecular complexity index is 1170. The number of likely N-dealkylation sites (tertiary alicyclic amines) is 1. The van der Waals surface area contributed by atoms with Crippen molar-refractivity contribution in [2.75, 3.05) is 26.8 Å². The van der Waals surface area contributed by atoms with Gasteiger partial charge in [-0.3, -0.25) is 4.79 Å². The van der Waals surface area contributed by atoms with Gasteiger partial charge in [0.2, 0.25) is 10.0 Å². The number of rotatable bonds is 7. The second-order valence-electron chi connectivity index (χ2n) is 9.11. The van der Waals surface area contributed by atoms with Crippen LogP contribution in [0.4, 0.5) is 4.79 Å². The van der Waals surface area contributed by atoms with Crippen LogP contribution in [0.25, 0.3) is 0 Å². The average Bonchev–Trinajstić information content (AvgIpc) is 3.24. The van der Waals surface area contributed by atoms with Crippen molar-refractivity contribution in [3.05, 3.63) is 60.2 Å². The van der Waals surface area contributed by atoms with Gasteiger partial charge in [0.15, 0.2) is 0 Å². The van der Waals surface area contributed by atoms with Crippen LogP contribution in [0.3, 0.4) is 0 Å². The minimum Gasteiger partial charge on any atom is -0.497 e. The molecular weight excluding hydrogens is 472 g/mol. The Morgan fingerprint density at radius 1 is 1.11 bits per heavy atom. The van der Waals surface area contributed by atoms with Gasteiger partial charge in [-0.25, -0.2) is 12.9 Å². The van der Waals surface area contributed by atoms with Crippen LogP contribution in [0.2, 0.25) is 0 Å². The van der Waals surface area contributed by atoms with Crippen LogP contribution in [0, 0.1) is 5.92 Å². The van der Waals surface area contributed by atoms with Crippen LogP contribution in [0.1, 0.15) is 25.3 Å². The van der Waals surface area contributed by atoms with Crippen LogP contribution in [0.5, 0.6) is 5.75 Å². The summed E-state index contributed by atoms with van der Waals surface area (Å²) in [7, 11) is -2.63. The highest BCUT2D eigenvalue weighted by Crippen LogP contribution is 2.42. The molecule has 2 aromatic carbocycles. The molecule has 1 amide bonds. The third kappa shape index (κ3) is 4.78. The minimum absolute atomic E-state index is 0.0234. The number of fused-ring (bicyclic) bond motifs is 1. The maximum absolute atomic E-state index is 13.9. The smallest absolute Gasteiger partial charge is 0.497 e. The van der Waals surface area contributed by atoms with E-state index in [1.807, 2.05) is 30.3 Å². The van der Waals surface area contributed by atoms with Crippen LogP contribution in [-0.2, 0) is 26.1 Å². The van der Waals surface area contributed by atoms with Crippen LogP contribution in [-0.4, -0.2) is 73.3 Å². The number of piperidine rings is 1. The second kappa shape index (κ2) is 9.96. The number of methoxy groups -OCH3 is 1. The Kier molecular flexibility index (Phi) is 7.16. The standard InChI is InChI=1S/C25H30N2O7S/c1-3-34-24(28)22-15-19-13-14-27(25(29)30,16-18-7-5-4-6-8-18)17-23(19)26(22)35(31,32)21-11-9-20(33-2)10-12-21/h4-12,19,22-23H,3,13-17H2,1-2H3/p+1/t19-,22-,23-,27?/m0/s1. The van der Waals surface area contributed by atoms with E-state index in [9.17, 15) is 23.1 Å². The first kappa shape index (κ1) is 25.2. The number of benzene rings is 2. The van der Waals surface area contributed by atoms with Gasteiger partial charge in [-0.05, 0) is 43.5 Å². The number of ether oxygens (including phenoxy) is 2. The molecule has 188 valence electrons. The van der Waals surface area contributed by atoms with Gasteiger partial charge in [-0.15, -0.1) is 0 Å². The number of hydrogen-bond donors (Lipinski definition) is 1. The molecule has 2 fully saturated rings.